The Kier molecular flexibility index (Phi) is 4.53. The van der Waals surface area contributed by atoms with Crippen LogP contribution in [0.15, 0.2) is 42.5 Å². The Balaban J connectivity index is 2.25. The smallest absolute Gasteiger partial charge is 0.310 e. The van der Waals surface area contributed by atoms with Crippen LogP contribution in [-0.4, -0.2) is 11.1 Å². The first-order chi connectivity index (χ1) is 9.45. The van der Waals surface area contributed by atoms with Crippen molar-refractivity contribution < 1.29 is 14.6 Å². The van der Waals surface area contributed by atoms with E-state index in [0.29, 0.717) is 27.1 Å². The first kappa shape index (κ1) is 14.7. The average molecular weight is 311 g/mol. The molecule has 0 radical (unpaired) electrons. The molecule has 1 atom stereocenters. The maximum absolute atomic E-state index is 11.0. The van der Waals surface area contributed by atoms with Gasteiger partial charge in [0.15, 0.2) is 0 Å². The second-order valence-electron chi connectivity index (χ2n) is 4.34. The highest BCUT2D eigenvalue weighted by Crippen LogP contribution is 2.29. The normalized spacial score (nSPS) is 11.9. The fraction of sp³-hybridized carbons (Fsp3) is 0.133. The van der Waals surface area contributed by atoms with Gasteiger partial charge in [0.05, 0.1) is 5.92 Å². The zero-order valence-electron chi connectivity index (χ0n) is 10.6. The van der Waals surface area contributed by atoms with Crippen molar-refractivity contribution in [3.8, 4) is 11.5 Å². The maximum Gasteiger partial charge on any atom is 0.310 e. The third kappa shape index (κ3) is 3.65. The second-order valence-corrected chi connectivity index (χ2v) is 5.21. The largest absolute Gasteiger partial charge is 0.481 e. The molecule has 2 rings (SSSR count). The van der Waals surface area contributed by atoms with Crippen molar-refractivity contribution in [3.63, 3.8) is 0 Å². The zero-order chi connectivity index (χ0) is 14.7. The van der Waals surface area contributed by atoms with Gasteiger partial charge >= 0.3 is 5.97 Å². The molecule has 2 aromatic carbocycles. The van der Waals surface area contributed by atoms with Crippen LogP contribution in [0.1, 0.15) is 18.4 Å². The summed E-state index contributed by atoms with van der Waals surface area (Å²) in [7, 11) is 0. The molecular formula is C15H12Cl2O3. The molecule has 20 heavy (non-hydrogen) atoms. The van der Waals surface area contributed by atoms with Crippen LogP contribution in [0.4, 0.5) is 0 Å². The number of ether oxygens (including phenoxy) is 1. The first-order valence-electron chi connectivity index (χ1n) is 5.92. The molecule has 0 aliphatic carbocycles. The van der Waals surface area contributed by atoms with Gasteiger partial charge in [0, 0.05) is 10.0 Å². The van der Waals surface area contributed by atoms with Gasteiger partial charge in [0.2, 0.25) is 0 Å². The van der Waals surface area contributed by atoms with Gasteiger partial charge < -0.3 is 9.84 Å². The van der Waals surface area contributed by atoms with E-state index >= 15 is 0 Å². The number of aliphatic carboxylic acids is 1. The number of carboxylic acid groups (broad SMARTS) is 1. The van der Waals surface area contributed by atoms with Gasteiger partial charge in [0.25, 0.3) is 0 Å². The summed E-state index contributed by atoms with van der Waals surface area (Å²) >= 11 is 11.8. The van der Waals surface area contributed by atoms with Crippen molar-refractivity contribution >= 4 is 29.2 Å². The highest BCUT2D eigenvalue weighted by Gasteiger charge is 2.14. The summed E-state index contributed by atoms with van der Waals surface area (Å²) in [6.45, 7) is 1.62. The molecule has 0 fully saturated rings. The summed E-state index contributed by atoms with van der Waals surface area (Å²) in [5, 5.41) is 9.96. The Labute approximate surface area is 126 Å². The molecule has 0 saturated carbocycles. The fourth-order valence-electron chi connectivity index (χ4n) is 1.71. The predicted octanol–water partition coefficient (Wildman–Crippen LogP) is 4.97. The molecule has 5 heteroatoms. The van der Waals surface area contributed by atoms with E-state index in [0.717, 1.165) is 0 Å². The van der Waals surface area contributed by atoms with E-state index in [-0.39, 0.29) is 0 Å². The number of benzene rings is 2. The topological polar surface area (TPSA) is 46.5 Å². The highest BCUT2D eigenvalue weighted by molar-refractivity contribution is 6.34. The molecule has 2 aromatic rings. The lowest BCUT2D eigenvalue weighted by molar-refractivity contribution is -0.138. The predicted molar refractivity (Wildman–Crippen MR) is 79.0 cm³/mol. The summed E-state index contributed by atoms with van der Waals surface area (Å²) < 4.78 is 5.65. The summed E-state index contributed by atoms with van der Waals surface area (Å²) in [4.78, 5) is 11.0. The molecule has 0 amide bonds. The average Bonchev–Trinajstić information content (AvgIpc) is 2.36. The van der Waals surface area contributed by atoms with Crippen molar-refractivity contribution in [1.82, 2.24) is 0 Å². The highest BCUT2D eigenvalue weighted by atomic mass is 35.5. The van der Waals surface area contributed by atoms with E-state index in [9.17, 15) is 4.79 Å². The number of rotatable bonds is 4. The van der Waals surface area contributed by atoms with E-state index in [1.54, 1.807) is 49.4 Å². The third-order valence-corrected chi connectivity index (χ3v) is 3.24. The number of hydrogen-bond donors (Lipinski definition) is 1. The number of carboxylic acids is 1. The monoisotopic (exact) mass is 310 g/mol. The maximum atomic E-state index is 11.0. The van der Waals surface area contributed by atoms with E-state index in [4.69, 9.17) is 33.0 Å². The molecule has 0 aromatic heterocycles. The van der Waals surface area contributed by atoms with E-state index in [2.05, 4.69) is 0 Å². The van der Waals surface area contributed by atoms with Crippen LogP contribution in [0, 0.1) is 0 Å². The molecule has 0 aliphatic rings. The van der Waals surface area contributed by atoms with Gasteiger partial charge in [-0.3, -0.25) is 4.79 Å². The summed E-state index contributed by atoms with van der Waals surface area (Å²) in [5.74, 6) is -0.439. The van der Waals surface area contributed by atoms with E-state index in [1.165, 1.54) is 0 Å². The molecule has 0 aliphatic heterocycles. The van der Waals surface area contributed by atoms with Gasteiger partial charge in [-0.1, -0.05) is 35.3 Å². The van der Waals surface area contributed by atoms with Crippen LogP contribution < -0.4 is 4.74 Å². The molecule has 1 unspecified atom stereocenters. The minimum absolute atomic E-state index is 0.475. The van der Waals surface area contributed by atoms with Crippen molar-refractivity contribution in [2.75, 3.05) is 0 Å². The summed E-state index contributed by atoms with van der Waals surface area (Å²) in [5.41, 5.74) is 0.670. The lowest BCUT2D eigenvalue weighted by atomic mass is 10.0. The lowest BCUT2D eigenvalue weighted by Crippen LogP contribution is -2.07. The Morgan fingerprint density at radius 3 is 2.35 bits per heavy atom. The molecule has 0 saturated heterocycles. The van der Waals surface area contributed by atoms with Gasteiger partial charge in [-0.15, -0.1) is 0 Å². The molecule has 0 bridgehead atoms. The SMILES string of the molecule is CC(C(=O)O)c1cccc(Oc2cc(Cl)cc(Cl)c2)c1. The fourth-order valence-corrected chi connectivity index (χ4v) is 2.22. The molecule has 0 heterocycles. The molecule has 104 valence electrons. The van der Waals surface area contributed by atoms with Gasteiger partial charge in [0.1, 0.15) is 11.5 Å². The van der Waals surface area contributed by atoms with Crippen LogP contribution in [0.3, 0.4) is 0 Å². The quantitative estimate of drug-likeness (QED) is 0.866. The summed E-state index contributed by atoms with van der Waals surface area (Å²) in [6.07, 6.45) is 0. The molecule has 1 N–H and O–H groups in total. The minimum Gasteiger partial charge on any atom is -0.481 e. The van der Waals surface area contributed by atoms with Gasteiger partial charge in [-0.25, -0.2) is 0 Å². The molecular weight excluding hydrogens is 299 g/mol. The first-order valence-corrected chi connectivity index (χ1v) is 6.68. The Morgan fingerprint density at radius 1 is 1.10 bits per heavy atom. The van der Waals surface area contributed by atoms with Crippen LogP contribution in [0.2, 0.25) is 10.0 Å². The standard InChI is InChI=1S/C15H12Cl2O3/c1-9(15(18)19)10-3-2-4-13(5-10)20-14-7-11(16)6-12(17)8-14/h2-9H,1H3,(H,18,19). The summed E-state index contributed by atoms with van der Waals surface area (Å²) in [6, 6.07) is 11.8. The van der Waals surface area contributed by atoms with Crippen LogP contribution in [-0.2, 0) is 4.79 Å². The number of halogens is 2. The van der Waals surface area contributed by atoms with Gasteiger partial charge in [-0.05, 0) is 42.8 Å². The van der Waals surface area contributed by atoms with Crippen molar-refractivity contribution in [1.29, 1.82) is 0 Å². The van der Waals surface area contributed by atoms with Crippen LogP contribution >= 0.6 is 23.2 Å². The minimum atomic E-state index is -0.882. The number of carbonyl (C=O) groups is 1. The second kappa shape index (κ2) is 6.16. The Bertz CT molecular complexity index is 621. The third-order valence-electron chi connectivity index (χ3n) is 2.80. The molecule has 0 spiro atoms. The van der Waals surface area contributed by atoms with Crippen molar-refractivity contribution in [2.45, 2.75) is 12.8 Å². The van der Waals surface area contributed by atoms with Crippen molar-refractivity contribution in [2.24, 2.45) is 0 Å². The zero-order valence-corrected chi connectivity index (χ0v) is 12.2. The van der Waals surface area contributed by atoms with Crippen molar-refractivity contribution in [3.05, 3.63) is 58.1 Å². The van der Waals surface area contributed by atoms with Crippen LogP contribution in [0.5, 0.6) is 11.5 Å². The van der Waals surface area contributed by atoms with E-state index in [1.807, 2.05) is 0 Å². The Morgan fingerprint density at radius 2 is 1.75 bits per heavy atom. The van der Waals surface area contributed by atoms with Gasteiger partial charge in [-0.2, -0.15) is 0 Å². The number of hydrogen-bond acceptors (Lipinski definition) is 2. The molecule has 3 nitrogen and oxygen atoms in total. The Hall–Kier alpha value is -1.71. The van der Waals surface area contributed by atoms with E-state index < -0.39 is 11.9 Å². The lowest BCUT2D eigenvalue weighted by Gasteiger charge is -2.10. The van der Waals surface area contributed by atoms with Crippen LogP contribution in [0.25, 0.3) is 0 Å².